The van der Waals surface area contributed by atoms with Crippen molar-refractivity contribution in [2.45, 2.75) is 33.7 Å². The number of amides is 1. The molecule has 1 atom stereocenters. The Morgan fingerprint density at radius 3 is 2.52 bits per heavy atom. The Morgan fingerprint density at radius 2 is 2.05 bits per heavy atom. The van der Waals surface area contributed by atoms with Crippen LogP contribution in [0.3, 0.4) is 0 Å². The number of carbonyl (C=O) groups excluding carboxylic acids is 1. The molecule has 0 unspecified atom stereocenters. The predicted octanol–water partition coefficient (Wildman–Crippen LogP) is 2.17. The Balaban J connectivity index is 2.30. The van der Waals surface area contributed by atoms with E-state index in [9.17, 15) is 14.7 Å². The van der Waals surface area contributed by atoms with E-state index in [0.717, 1.165) is 15.9 Å². The summed E-state index contributed by atoms with van der Waals surface area (Å²) >= 11 is 1.31. The van der Waals surface area contributed by atoms with Crippen LogP contribution in [0.5, 0.6) is 0 Å². The van der Waals surface area contributed by atoms with Crippen LogP contribution in [0, 0.1) is 12.3 Å². The van der Waals surface area contributed by atoms with Gasteiger partial charge in [0.2, 0.25) is 0 Å². The van der Waals surface area contributed by atoms with Crippen LogP contribution in [0.4, 0.5) is 0 Å². The van der Waals surface area contributed by atoms with Crippen LogP contribution in [0.1, 0.15) is 36.1 Å². The minimum absolute atomic E-state index is 0.363. The van der Waals surface area contributed by atoms with Gasteiger partial charge in [0.1, 0.15) is 10.9 Å². The second-order valence-electron chi connectivity index (χ2n) is 6.15. The summed E-state index contributed by atoms with van der Waals surface area (Å²) in [5.41, 5.74) is 0.295. The average Bonchev–Trinajstić information content (AvgIpc) is 2.87. The number of thiophene rings is 1. The van der Waals surface area contributed by atoms with Gasteiger partial charge < -0.3 is 10.4 Å². The number of carbonyl (C=O) groups is 2. The number of aromatic nitrogens is 2. The van der Waals surface area contributed by atoms with Crippen molar-refractivity contribution in [2.24, 2.45) is 12.5 Å². The van der Waals surface area contributed by atoms with Crippen molar-refractivity contribution in [1.29, 1.82) is 0 Å². The summed E-state index contributed by atoms with van der Waals surface area (Å²) in [5.74, 6) is -1.40. The first-order chi connectivity index (χ1) is 9.61. The van der Waals surface area contributed by atoms with Gasteiger partial charge in [-0.25, -0.2) is 4.79 Å². The molecule has 2 rings (SSSR count). The van der Waals surface area contributed by atoms with Crippen molar-refractivity contribution in [1.82, 2.24) is 15.1 Å². The van der Waals surface area contributed by atoms with E-state index in [0.29, 0.717) is 4.88 Å². The molecule has 2 aromatic heterocycles. The molecule has 6 nitrogen and oxygen atoms in total. The first-order valence-electron chi connectivity index (χ1n) is 6.58. The lowest BCUT2D eigenvalue weighted by molar-refractivity contribution is -0.142. The lowest BCUT2D eigenvalue weighted by Gasteiger charge is -2.27. The summed E-state index contributed by atoms with van der Waals surface area (Å²) in [6.07, 6.45) is 0. The quantitative estimate of drug-likeness (QED) is 0.910. The molecule has 0 aromatic carbocycles. The van der Waals surface area contributed by atoms with Gasteiger partial charge in [-0.3, -0.25) is 9.48 Å². The molecule has 0 aliphatic heterocycles. The van der Waals surface area contributed by atoms with Crippen LogP contribution in [0.2, 0.25) is 0 Å². The number of hydrogen-bond donors (Lipinski definition) is 2. The summed E-state index contributed by atoms with van der Waals surface area (Å²) < 4.78 is 1.73. The van der Waals surface area contributed by atoms with Crippen molar-refractivity contribution >= 4 is 33.4 Å². The summed E-state index contributed by atoms with van der Waals surface area (Å²) in [6.45, 7) is 7.23. The summed E-state index contributed by atoms with van der Waals surface area (Å²) in [4.78, 5) is 25.0. The number of nitrogens with one attached hydrogen (secondary N) is 1. The maximum Gasteiger partial charge on any atom is 0.326 e. The van der Waals surface area contributed by atoms with E-state index in [1.54, 1.807) is 31.5 Å². The van der Waals surface area contributed by atoms with E-state index in [4.69, 9.17) is 0 Å². The number of carboxylic acids is 1. The first-order valence-corrected chi connectivity index (χ1v) is 7.39. The summed E-state index contributed by atoms with van der Waals surface area (Å²) in [5, 5.41) is 17.1. The summed E-state index contributed by atoms with van der Waals surface area (Å²) in [6, 6.07) is 0.827. The molecule has 21 heavy (non-hydrogen) atoms. The van der Waals surface area contributed by atoms with Gasteiger partial charge in [0, 0.05) is 12.4 Å². The SMILES string of the molecule is Cc1nn(C)c2sc(C(=O)N[C@H](C(=O)O)C(C)(C)C)cc12. The second-order valence-corrected chi connectivity index (χ2v) is 7.18. The smallest absolute Gasteiger partial charge is 0.326 e. The second kappa shape index (κ2) is 5.14. The molecule has 2 aromatic rings. The van der Waals surface area contributed by atoms with Crippen LogP contribution in [-0.2, 0) is 11.8 Å². The van der Waals surface area contributed by atoms with E-state index in [1.165, 1.54) is 11.3 Å². The van der Waals surface area contributed by atoms with Gasteiger partial charge in [-0.05, 0) is 18.4 Å². The highest BCUT2D eigenvalue weighted by Gasteiger charge is 2.33. The number of hydrogen-bond acceptors (Lipinski definition) is 4. The molecular weight excluding hydrogens is 290 g/mol. The zero-order valence-corrected chi connectivity index (χ0v) is 13.5. The number of carboxylic acid groups (broad SMARTS) is 1. The van der Waals surface area contributed by atoms with Crippen molar-refractivity contribution in [3.8, 4) is 0 Å². The molecule has 7 heteroatoms. The minimum Gasteiger partial charge on any atom is -0.480 e. The predicted molar refractivity (Wildman–Crippen MR) is 81.7 cm³/mol. The first kappa shape index (κ1) is 15.5. The van der Waals surface area contributed by atoms with Crippen LogP contribution in [0.15, 0.2) is 6.07 Å². The van der Waals surface area contributed by atoms with Crippen LogP contribution < -0.4 is 5.32 Å². The molecule has 0 saturated heterocycles. The molecule has 0 spiro atoms. The minimum atomic E-state index is -1.03. The van der Waals surface area contributed by atoms with Gasteiger partial charge >= 0.3 is 5.97 Å². The Labute approximate surface area is 126 Å². The number of fused-ring (bicyclic) bond motifs is 1. The van der Waals surface area contributed by atoms with Crippen LogP contribution >= 0.6 is 11.3 Å². The van der Waals surface area contributed by atoms with Gasteiger partial charge in [-0.15, -0.1) is 11.3 Å². The zero-order valence-electron chi connectivity index (χ0n) is 12.7. The van der Waals surface area contributed by atoms with E-state index in [1.807, 2.05) is 14.0 Å². The van der Waals surface area contributed by atoms with Crippen molar-refractivity contribution in [2.75, 3.05) is 0 Å². The van der Waals surface area contributed by atoms with Gasteiger partial charge in [0.15, 0.2) is 0 Å². The fourth-order valence-electron chi connectivity index (χ4n) is 2.17. The van der Waals surface area contributed by atoms with E-state index >= 15 is 0 Å². The summed E-state index contributed by atoms with van der Waals surface area (Å²) in [7, 11) is 1.82. The van der Waals surface area contributed by atoms with Crippen LogP contribution in [-0.4, -0.2) is 32.8 Å². The third-order valence-corrected chi connectivity index (χ3v) is 4.51. The molecule has 0 fully saturated rings. The number of rotatable bonds is 3. The maximum atomic E-state index is 12.3. The molecule has 0 aliphatic rings. The molecule has 2 heterocycles. The molecule has 2 N–H and O–H groups in total. The Bertz CT molecular complexity index is 674. The average molecular weight is 309 g/mol. The molecule has 0 bridgehead atoms. The van der Waals surface area contributed by atoms with Crippen LogP contribution in [0.25, 0.3) is 10.2 Å². The Morgan fingerprint density at radius 1 is 1.43 bits per heavy atom. The van der Waals surface area contributed by atoms with Crippen molar-refractivity contribution in [3.63, 3.8) is 0 Å². The maximum absolute atomic E-state index is 12.3. The molecule has 1 amide bonds. The molecular formula is C14H19N3O3S. The lowest BCUT2D eigenvalue weighted by Crippen LogP contribution is -2.48. The number of nitrogens with zero attached hydrogens (tertiary/aromatic N) is 2. The van der Waals surface area contributed by atoms with Gasteiger partial charge in [0.25, 0.3) is 5.91 Å². The largest absolute Gasteiger partial charge is 0.480 e. The molecule has 0 radical (unpaired) electrons. The van der Waals surface area contributed by atoms with E-state index in [-0.39, 0.29) is 5.91 Å². The molecule has 0 saturated carbocycles. The molecule has 0 aliphatic carbocycles. The Hall–Kier alpha value is -1.89. The third-order valence-electron chi connectivity index (χ3n) is 3.31. The third kappa shape index (κ3) is 2.92. The number of aryl methyl sites for hydroxylation is 2. The van der Waals surface area contributed by atoms with Gasteiger partial charge in [-0.1, -0.05) is 20.8 Å². The lowest BCUT2D eigenvalue weighted by atomic mass is 9.87. The van der Waals surface area contributed by atoms with Gasteiger partial charge in [-0.2, -0.15) is 5.10 Å². The van der Waals surface area contributed by atoms with Crippen molar-refractivity contribution in [3.05, 3.63) is 16.6 Å². The highest BCUT2D eigenvalue weighted by atomic mass is 32.1. The van der Waals surface area contributed by atoms with E-state index in [2.05, 4.69) is 10.4 Å². The fraction of sp³-hybridized carbons (Fsp3) is 0.500. The van der Waals surface area contributed by atoms with Crippen molar-refractivity contribution < 1.29 is 14.7 Å². The van der Waals surface area contributed by atoms with Gasteiger partial charge in [0.05, 0.1) is 10.6 Å². The fourth-order valence-corrected chi connectivity index (χ4v) is 3.19. The van der Waals surface area contributed by atoms with E-state index < -0.39 is 17.4 Å². The zero-order chi connectivity index (χ0) is 15.9. The Kier molecular flexibility index (Phi) is 3.79. The molecule has 114 valence electrons. The number of aliphatic carboxylic acids is 1. The standard InChI is InChI=1S/C14H19N3O3S/c1-7-8-6-9(21-12(8)17(5)16-7)11(18)15-10(13(19)20)14(2,3)4/h6,10H,1-5H3,(H,15,18)(H,19,20)/t10-/m1/s1. The normalized spacial score (nSPS) is 13.4. The monoisotopic (exact) mass is 309 g/mol. The topological polar surface area (TPSA) is 84.2 Å². The highest BCUT2D eigenvalue weighted by molar-refractivity contribution is 7.20. The highest BCUT2D eigenvalue weighted by Crippen LogP contribution is 2.28.